The number of benzene rings is 2. The van der Waals surface area contributed by atoms with Crippen molar-refractivity contribution in [3.8, 4) is 28.6 Å². The molecule has 2 aromatic carbocycles. The Morgan fingerprint density at radius 2 is 1.79 bits per heavy atom. The molecule has 5 N–H and O–H groups in total. The van der Waals surface area contributed by atoms with Crippen LogP contribution in [0.3, 0.4) is 0 Å². The maximum atomic E-state index is 12.5. The van der Waals surface area contributed by atoms with E-state index in [2.05, 4.69) is 14.9 Å². The highest BCUT2D eigenvalue weighted by atomic mass is 32.2. The second-order valence-corrected chi connectivity index (χ2v) is 7.97. The molecule has 0 aliphatic carbocycles. The number of phenols is 2. The van der Waals surface area contributed by atoms with Gasteiger partial charge < -0.3 is 15.9 Å². The molecule has 0 saturated heterocycles. The van der Waals surface area contributed by atoms with Crippen LogP contribution in [0, 0.1) is 6.92 Å². The van der Waals surface area contributed by atoms with Gasteiger partial charge in [-0.15, -0.1) is 10.2 Å². The Hall–Kier alpha value is -3.24. The fraction of sp³-hybridized carbons (Fsp3) is 0.211. The highest BCUT2D eigenvalue weighted by Gasteiger charge is 2.24. The molecule has 0 bridgehead atoms. The average Bonchev–Trinajstić information content (AvgIpc) is 3.06. The maximum Gasteiger partial charge on any atom is 0.287 e. The average molecular weight is 415 g/mol. The number of aryl methyl sites for hydroxylation is 1. The minimum Gasteiger partial charge on any atom is -0.507 e. The molecule has 1 unspecified atom stereocenters. The lowest BCUT2D eigenvalue weighted by atomic mass is 10.1. The van der Waals surface area contributed by atoms with Crippen LogP contribution in [0.5, 0.6) is 11.5 Å². The number of rotatable bonds is 6. The molecule has 3 rings (SSSR count). The van der Waals surface area contributed by atoms with E-state index in [9.17, 15) is 19.2 Å². The van der Waals surface area contributed by atoms with Gasteiger partial charge in [0, 0.05) is 17.8 Å². The number of aromatic nitrogens is 3. The van der Waals surface area contributed by atoms with E-state index in [0.29, 0.717) is 5.69 Å². The second-order valence-electron chi connectivity index (χ2n) is 6.76. The molecular weight excluding hydrogens is 394 g/mol. The molecule has 1 heterocycles. The summed E-state index contributed by atoms with van der Waals surface area (Å²) < 4.78 is 16.7. The molecule has 1 aromatic heterocycles. The van der Waals surface area contributed by atoms with Gasteiger partial charge >= 0.3 is 0 Å². The van der Waals surface area contributed by atoms with Crippen LogP contribution in [0.25, 0.3) is 17.1 Å². The molecular formula is C19H21N5O4S. The van der Waals surface area contributed by atoms with Crippen LogP contribution in [0.1, 0.15) is 30.0 Å². The number of nitrogens with two attached hydrogens (primary N) is 1. The van der Waals surface area contributed by atoms with E-state index in [1.54, 1.807) is 12.1 Å². The lowest BCUT2D eigenvalue weighted by molar-refractivity contribution is 0.0988. The van der Waals surface area contributed by atoms with E-state index in [1.807, 2.05) is 32.9 Å². The fourth-order valence-corrected chi connectivity index (χ4v) is 3.75. The second kappa shape index (κ2) is 8.02. The van der Waals surface area contributed by atoms with Gasteiger partial charge in [-0.25, -0.2) is 8.93 Å². The van der Waals surface area contributed by atoms with Crippen molar-refractivity contribution >= 4 is 16.9 Å². The molecule has 0 radical (unpaired) electrons. The van der Waals surface area contributed by atoms with Crippen LogP contribution in [-0.2, 0) is 11.0 Å². The number of carbonyl (C=O) groups is 1. The van der Waals surface area contributed by atoms with Gasteiger partial charge in [-0.05, 0) is 39.0 Å². The van der Waals surface area contributed by atoms with Crippen molar-refractivity contribution in [3.63, 3.8) is 0 Å². The zero-order valence-electron chi connectivity index (χ0n) is 16.1. The summed E-state index contributed by atoms with van der Waals surface area (Å²) in [6.07, 6.45) is 0. The molecule has 1 amide bonds. The van der Waals surface area contributed by atoms with Gasteiger partial charge in [-0.3, -0.25) is 9.36 Å². The number of carbonyl (C=O) groups excluding carboxylic acids is 1. The summed E-state index contributed by atoms with van der Waals surface area (Å²) in [5.74, 6) is -1.46. The number of nitrogens with one attached hydrogen (secondary N) is 1. The Balaban J connectivity index is 2.22. The van der Waals surface area contributed by atoms with Gasteiger partial charge in [0.15, 0.2) is 5.82 Å². The molecule has 10 heteroatoms. The molecule has 0 spiro atoms. The first kappa shape index (κ1) is 20.5. The van der Waals surface area contributed by atoms with Gasteiger partial charge in [0.05, 0.1) is 10.5 Å². The Kier molecular flexibility index (Phi) is 5.66. The lowest BCUT2D eigenvalue weighted by Crippen LogP contribution is -2.25. The zero-order chi connectivity index (χ0) is 21.3. The number of hydrogen-bond donors (Lipinski definition) is 4. The van der Waals surface area contributed by atoms with Crippen LogP contribution in [0.4, 0.5) is 0 Å². The van der Waals surface area contributed by atoms with Crippen LogP contribution in [0.2, 0.25) is 0 Å². The molecule has 3 aromatic rings. The van der Waals surface area contributed by atoms with E-state index < -0.39 is 16.9 Å². The topological polar surface area (TPSA) is 143 Å². The number of aromatic hydroxyl groups is 2. The lowest BCUT2D eigenvalue weighted by Gasteiger charge is -2.14. The Morgan fingerprint density at radius 1 is 1.14 bits per heavy atom. The third-order valence-electron chi connectivity index (χ3n) is 4.04. The minimum atomic E-state index is -1.73. The van der Waals surface area contributed by atoms with Crippen LogP contribution < -0.4 is 10.5 Å². The van der Waals surface area contributed by atoms with E-state index in [0.717, 1.165) is 11.6 Å². The standard InChI is InChI=1S/C19H21N5O4S/c1-10(2)23-29(28)16-8-13(14(25)9-15(16)26)18-21-22-19(17(20)27)24(18)12-6-4-11(3)5-7-12/h4-10,23,25-26H,1-3H3,(H2,20,27). The largest absolute Gasteiger partial charge is 0.507 e. The molecule has 1 atom stereocenters. The first-order chi connectivity index (χ1) is 13.7. The maximum absolute atomic E-state index is 12.5. The predicted octanol–water partition coefficient (Wildman–Crippen LogP) is 1.77. The number of primary amides is 1. The summed E-state index contributed by atoms with van der Waals surface area (Å²) in [4.78, 5) is 11.9. The first-order valence-corrected chi connectivity index (χ1v) is 9.90. The summed E-state index contributed by atoms with van der Waals surface area (Å²) in [7, 11) is -1.73. The smallest absolute Gasteiger partial charge is 0.287 e. The van der Waals surface area contributed by atoms with E-state index in [-0.39, 0.29) is 39.6 Å². The molecule has 0 aliphatic heterocycles. The first-order valence-electron chi connectivity index (χ1n) is 8.75. The summed E-state index contributed by atoms with van der Waals surface area (Å²) in [6, 6.07) is 9.50. The third kappa shape index (κ3) is 4.13. The van der Waals surface area contributed by atoms with Crippen molar-refractivity contribution in [1.29, 1.82) is 0 Å². The van der Waals surface area contributed by atoms with E-state index in [4.69, 9.17) is 5.73 Å². The van der Waals surface area contributed by atoms with E-state index >= 15 is 0 Å². The van der Waals surface area contributed by atoms with Crippen molar-refractivity contribution in [2.45, 2.75) is 31.7 Å². The fourth-order valence-electron chi connectivity index (χ4n) is 2.72. The van der Waals surface area contributed by atoms with E-state index in [1.165, 1.54) is 10.6 Å². The summed E-state index contributed by atoms with van der Waals surface area (Å²) in [6.45, 7) is 5.54. The normalized spacial score (nSPS) is 12.3. The van der Waals surface area contributed by atoms with Crippen LogP contribution >= 0.6 is 0 Å². The van der Waals surface area contributed by atoms with Crippen LogP contribution in [0.15, 0.2) is 41.3 Å². The highest BCUT2D eigenvalue weighted by molar-refractivity contribution is 7.83. The van der Waals surface area contributed by atoms with Crippen molar-refractivity contribution < 1.29 is 19.2 Å². The molecule has 9 nitrogen and oxygen atoms in total. The molecule has 152 valence electrons. The summed E-state index contributed by atoms with van der Waals surface area (Å²) in [5, 5.41) is 28.4. The van der Waals surface area contributed by atoms with Gasteiger partial charge in [0.2, 0.25) is 5.82 Å². The van der Waals surface area contributed by atoms with Gasteiger partial charge in [-0.2, -0.15) is 0 Å². The Bertz CT molecular complexity index is 1090. The molecule has 0 fully saturated rings. The van der Waals surface area contributed by atoms with Gasteiger partial charge in [-0.1, -0.05) is 17.7 Å². The number of phenolic OH excluding ortho intramolecular Hbond substituents is 2. The van der Waals surface area contributed by atoms with Gasteiger partial charge in [0.25, 0.3) is 5.91 Å². The monoisotopic (exact) mass is 415 g/mol. The third-order valence-corrected chi connectivity index (χ3v) is 5.45. The van der Waals surface area contributed by atoms with Crippen molar-refractivity contribution in [2.24, 2.45) is 5.73 Å². The Morgan fingerprint density at radius 3 is 2.38 bits per heavy atom. The van der Waals surface area contributed by atoms with Crippen molar-refractivity contribution in [3.05, 3.63) is 47.8 Å². The van der Waals surface area contributed by atoms with Crippen molar-refractivity contribution in [1.82, 2.24) is 19.5 Å². The number of hydrogen-bond acceptors (Lipinski definition) is 6. The SMILES string of the molecule is Cc1ccc(-n2c(C(N)=O)nnc2-c2cc(S(=O)NC(C)C)c(O)cc2O)cc1. The molecule has 0 saturated carbocycles. The Labute approximate surface area is 169 Å². The molecule has 29 heavy (non-hydrogen) atoms. The molecule has 0 aliphatic rings. The summed E-state index contributed by atoms with van der Waals surface area (Å²) >= 11 is 0. The van der Waals surface area contributed by atoms with Crippen molar-refractivity contribution in [2.75, 3.05) is 0 Å². The zero-order valence-corrected chi connectivity index (χ0v) is 16.9. The van der Waals surface area contributed by atoms with Crippen LogP contribution in [-0.4, -0.2) is 41.1 Å². The number of amides is 1. The highest BCUT2D eigenvalue weighted by Crippen LogP contribution is 2.36. The predicted molar refractivity (Wildman–Crippen MR) is 108 cm³/mol. The number of nitrogens with zero attached hydrogens (tertiary/aromatic N) is 3. The minimum absolute atomic E-state index is 0.0607. The quantitative estimate of drug-likeness (QED) is 0.483. The van der Waals surface area contributed by atoms with Gasteiger partial charge in [0.1, 0.15) is 22.5 Å². The summed E-state index contributed by atoms with van der Waals surface area (Å²) in [5.41, 5.74) is 7.14.